The summed E-state index contributed by atoms with van der Waals surface area (Å²) in [5, 5.41) is 0. The van der Waals surface area contributed by atoms with Gasteiger partial charge in [-0.15, -0.1) is 0 Å². The molecule has 1 aromatic carbocycles. The van der Waals surface area contributed by atoms with Crippen molar-refractivity contribution >= 4 is 0 Å². The molecule has 0 aromatic heterocycles. The van der Waals surface area contributed by atoms with Gasteiger partial charge in [0.15, 0.2) is 11.5 Å². The SMILES string of the molecule is COc1ccc(CN)cc1OCCOCC(F)(F)F. The molecule has 0 aliphatic carbocycles. The van der Waals surface area contributed by atoms with Crippen LogP contribution in [0, 0.1) is 0 Å². The van der Waals surface area contributed by atoms with Crippen molar-refractivity contribution < 1.29 is 27.4 Å². The van der Waals surface area contributed by atoms with Gasteiger partial charge < -0.3 is 19.9 Å². The lowest BCUT2D eigenvalue weighted by atomic mass is 10.2. The number of nitrogens with two attached hydrogens (primary N) is 1. The highest BCUT2D eigenvalue weighted by Gasteiger charge is 2.27. The first-order valence-electron chi connectivity index (χ1n) is 5.60. The Labute approximate surface area is 109 Å². The maximum absolute atomic E-state index is 11.8. The average Bonchev–Trinajstić information content (AvgIpc) is 2.36. The number of methoxy groups -OCH3 is 1. The van der Waals surface area contributed by atoms with Gasteiger partial charge in [-0.05, 0) is 17.7 Å². The van der Waals surface area contributed by atoms with Crippen molar-refractivity contribution in [1.29, 1.82) is 0 Å². The van der Waals surface area contributed by atoms with Crippen LogP contribution in [0.4, 0.5) is 13.2 Å². The van der Waals surface area contributed by atoms with Crippen molar-refractivity contribution in [2.45, 2.75) is 12.7 Å². The monoisotopic (exact) mass is 279 g/mol. The first-order chi connectivity index (χ1) is 8.96. The number of ether oxygens (including phenoxy) is 3. The van der Waals surface area contributed by atoms with Crippen LogP contribution >= 0.6 is 0 Å². The van der Waals surface area contributed by atoms with E-state index in [2.05, 4.69) is 4.74 Å². The van der Waals surface area contributed by atoms with Crippen molar-refractivity contribution in [2.75, 3.05) is 26.9 Å². The van der Waals surface area contributed by atoms with Crippen LogP contribution in [-0.2, 0) is 11.3 Å². The van der Waals surface area contributed by atoms with E-state index in [9.17, 15) is 13.2 Å². The number of halogens is 3. The highest BCUT2D eigenvalue weighted by molar-refractivity contribution is 5.42. The third kappa shape index (κ3) is 5.80. The molecule has 0 fully saturated rings. The summed E-state index contributed by atoms with van der Waals surface area (Å²) < 4.78 is 50.3. The lowest BCUT2D eigenvalue weighted by Gasteiger charge is -2.12. The second kappa shape index (κ2) is 7.20. The van der Waals surface area contributed by atoms with Gasteiger partial charge in [0, 0.05) is 6.54 Å². The van der Waals surface area contributed by atoms with Gasteiger partial charge in [0.2, 0.25) is 0 Å². The Morgan fingerprint density at radius 2 is 1.89 bits per heavy atom. The summed E-state index contributed by atoms with van der Waals surface area (Å²) in [7, 11) is 1.48. The molecule has 108 valence electrons. The van der Waals surface area contributed by atoms with E-state index in [-0.39, 0.29) is 13.2 Å². The number of alkyl halides is 3. The second-order valence-electron chi connectivity index (χ2n) is 3.71. The van der Waals surface area contributed by atoms with Crippen molar-refractivity contribution in [3.05, 3.63) is 23.8 Å². The first kappa shape index (κ1) is 15.6. The Balaban J connectivity index is 2.43. The lowest BCUT2D eigenvalue weighted by molar-refractivity contribution is -0.175. The van der Waals surface area contributed by atoms with E-state index in [0.717, 1.165) is 5.56 Å². The Hall–Kier alpha value is -1.47. The van der Waals surface area contributed by atoms with Crippen molar-refractivity contribution in [2.24, 2.45) is 5.73 Å². The molecule has 1 aromatic rings. The summed E-state index contributed by atoms with van der Waals surface area (Å²) in [5.41, 5.74) is 6.33. The molecule has 0 spiro atoms. The van der Waals surface area contributed by atoms with E-state index in [1.54, 1.807) is 18.2 Å². The third-order valence-corrected chi connectivity index (χ3v) is 2.21. The fourth-order valence-corrected chi connectivity index (χ4v) is 1.36. The highest BCUT2D eigenvalue weighted by Crippen LogP contribution is 2.27. The van der Waals surface area contributed by atoms with Gasteiger partial charge in [0.1, 0.15) is 13.2 Å². The maximum atomic E-state index is 11.8. The van der Waals surface area contributed by atoms with E-state index >= 15 is 0 Å². The van der Waals surface area contributed by atoms with Crippen molar-refractivity contribution in [3.8, 4) is 11.5 Å². The van der Waals surface area contributed by atoms with Crippen LogP contribution in [0.1, 0.15) is 5.56 Å². The van der Waals surface area contributed by atoms with Crippen LogP contribution in [0.15, 0.2) is 18.2 Å². The van der Waals surface area contributed by atoms with Gasteiger partial charge in [-0.1, -0.05) is 6.07 Å². The van der Waals surface area contributed by atoms with Crippen LogP contribution < -0.4 is 15.2 Å². The molecule has 0 heterocycles. The Kier molecular flexibility index (Phi) is 5.91. The third-order valence-electron chi connectivity index (χ3n) is 2.21. The minimum atomic E-state index is -4.32. The summed E-state index contributed by atoms with van der Waals surface area (Å²) in [6.07, 6.45) is -4.32. The molecule has 1 rings (SSSR count). The molecular formula is C12H16F3NO3. The zero-order valence-corrected chi connectivity index (χ0v) is 10.5. The van der Waals surface area contributed by atoms with Crippen LogP contribution in [-0.4, -0.2) is 33.1 Å². The van der Waals surface area contributed by atoms with E-state index in [0.29, 0.717) is 18.0 Å². The molecular weight excluding hydrogens is 263 g/mol. The van der Waals surface area contributed by atoms with Crippen LogP contribution in [0.2, 0.25) is 0 Å². The van der Waals surface area contributed by atoms with Gasteiger partial charge in [-0.3, -0.25) is 0 Å². The number of rotatable bonds is 7. The Morgan fingerprint density at radius 1 is 1.16 bits per heavy atom. The number of hydrogen-bond donors (Lipinski definition) is 1. The standard InChI is InChI=1S/C12H16F3NO3/c1-17-10-3-2-9(7-16)6-11(10)19-5-4-18-8-12(13,14)15/h2-3,6H,4-5,7-8,16H2,1H3. The normalized spacial score (nSPS) is 11.4. The fourth-order valence-electron chi connectivity index (χ4n) is 1.36. The number of benzene rings is 1. The molecule has 0 bridgehead atoms. The average molecular weight is 279 g/mol. The van der Waals surface area contributed by atoms with E-state index < -0.39 is 12.8 Å². The molecule has 0 unspecified atom stereocenters. The van der Waals surface area contributed by atoms with E-state index in [1.807, 2.05) is 0 Å². The van der Waals surface area contributed by atoms with Gasteiger partial charge >= 0.3 is 6.18 Å². The zero-order chi connectivity index (χ0) is 14.3. The summed E-state index contributed by atoms with van der Waals surface area (Å²) in [6, 6.07) is 5.16. The zero-order valence-electron chi connectivity index (χ0n) is 10.5. The molecule has 0 saturated carbocycles. The fraction of sp³-hybridized carbons (Fsp3) is 0.500. The molecule has 0 saturated heterocycles. The van der Waals surface area contributed by atoms with E-state index in [4.69, 9.17) is 15.2 Å². The molecule has 0 aliphatic rings. The minimum Gasteiger partial charge on any atom is -0.493 e. The quantitative estimate of drug-likeness (QED) is 0.777. The highest BCUT2D eigenvalue weighted by atomic mass is 19.4. The van der Waals surface area contributed by atoms with E-state index in [1.165, 1.54) is 7.11 Å². The molecule has 7 heteroatoms. The Bertz CT molecular complexity index is 396. The van der Waals surface area contributed by atoms with Gasteiger partial charge in [0.05, 0.1) is 13.7 Å². The van der Waals surface area contributed by atoms with Gasteiger partial charge in [0.25, 0.3) is 0 Å². The predicted octanol–water partition coefficient (Wildman–Crippen LogP) is 2.11. The van der Waals surface area contributed by atoms with Crippen LogP contribution in [0.25, 0.3) is 0 Å². The smallest absolute Gasteiger partial charge is 0.411 e. The largest absolute Gasteiger partial charge is 0.493 e. The second-order valence-corrected chi connectivity index (χ2v) is 3.71. The van der Waals surface area contributed by atoms with Crippen LogP contribution in [0.3, 0.4) is 0 Å². The Morgan fingerprint density at radius 3 is 2.47 bits per heavy atom. The molecule has 0 radical (unpaired) electrons. The number of hydrogen-bond acceptors (Lipinski definition) is 4. The first-order valence-corrected chi connectivity index (χ1v) is 5.60. The van der Waals surface area contributed by atoms with Crippen molar-refractivity contribution in [1.82, 2.24) is 0 Å². The molecule has 2 N–H and O–H groups in total. The molecule has 0 aliphatic heterocycles. The summed E-state index contributed by atoms with van der Waals surface area (Å²) >= 11 is 0. The summed E-state index contributed by atoms with van der Waals surface area (Å²) in [6.45, 7) is -1.10. The molecule has 0 amide bonds. The van der Waals surface area contributed by atoms with Crippen molar-refractivity contribution in [3.63, 3.8) is 0 Å². The maximum Gasteiger partial charge on any atom is 0.411 e. The minimum absolute atomic E-state index is 0.000461. The van der Waals surface area contributed by atoms with Crippen LogP contribution in [0.5, 0.6) is 11.5 Å². The molecule has 0 atom stereocenters. The lowest BCUT2D eigenvalue weighted by Crippen LogP contribution is -2.19. The summed E-state index contributed by atoms with van der Waals surface area (Å²) in [5.74, 6) is 0.925. The predicted molar refractivity (Wildman–Crippen MR) is 63.3 cm³/mol. The van der Waals surface area contributed by atoms with Gasteiger partial charge in [-0.25, -0.2) is 0 Å². The summed E-state index contributed by atoms with van der Waals surface area (Å²) in [4.78, 5) is 0. The molecule has 4 nitrogen and oxygen atoms in total. The topological polar surface area (TPSA) is 53.7 Å². The molecule has 19 heavy (non-hydrogen) atoms. The van der Waals surface area contributed by atoms with Gasteiger partial charge in [-0.2, -0.15) is 13.2 Å².